The van der Waals surface area contributed by atoms with Crippen molar-refractivity contribution in [1.29, 1.82) is 0 Å². The van der Waals surface area contributed by atoms with Crippen molar-refractivity contribution in [3.05, 3.63) is 24.5 Å². The smallest absolute Gasteiger partial charge is 0.0790 e. The van der Waals surface area contributed by atoms with Crippen LogP contribution in [0.2, 0.25) is 0 Å². The summed E-state index contributed by atoms with van der Waals surface area (Å²) < 4.78 is 5.15. The third-order valence-corrected chi connectivity index (χ3v) is 5.59. The quantitative estimate of drug-likeness (QED) is 0.496. The topological polar surface area (TPSA) is 9.23 Å². The molecule has 0 heterocycles. The SMILES string of the molecule is C=C1CC[C@H]2C(C)(C)CCC[C@]2(C)[C@H]1/C=C/OC. The Morgan fingerprint density at radius 2 is 2.00 bits per heavy atom. The Bertz CT molecular complexity index is 353. The summed E-state index contributed by atoms with van der Waals surface area (Å²) in [7, 11) is 1.73. The van der Waals surface area contributed by atoms with Crippen LogP contribution in [0, 0.1) is 22.7 Å². The molecular formula is C17H28O. The van der Waals surface area contributed by atoms with Gasteiger partial charge in [0, 0.05) is 5.92 Å². The summed E-state index contributed by atoms with van der Waals surface area (Å²) in [5, 5.41) is 0. The average molecular weight is 248 g/mol. The van der Waals surface area contributed by atoms with E-state index in [2.05, 4.69) is 33.4 Å². The highest BCUT2D eigenvalue weighted by atomic mass is 16.5. The monoisotopic (exact) mass is 248 g/mol. The first kappa shape index (κ1) is 13.7. The van der Waals surface area contributed by atoms with Gasteiger partial charge < -0.3 is 4.74 Å². The molecule has 18 heavy (non-hydrogen) atoms. The zero-order valence-corrected chi connectivity index (χ0v) is 12.5. The molecule has 0 N–H and O–H groups in total. The fraction of sp³-hybridized carbons (Fsp3) is 0.765. The largest absolute Gasteiger partial charge is 0.505 e. The van der Waals surface area contributed by atoms with E-state index in [1.54, 1.807) is 7.11 Å². The van der Waals surface area contributed by atoms with Crippen LogP contribution in [0.15, 0.2) is 24.5 Å². The Balaban J connectivity index is 2.33. The number of hydrogen-bond acceptors (Lipinski definition) is 1. The van der Waals surface area contributed by atoms with Gasteiger partial charge in [-0.2, -0.15) is 0 Å². The molecule has 0 bridgehead atoms. The van der Waals surface area contributed by atoms with Gasteiger partial charge in [0.15, 0.2) is 0 Å². The fourth-order valence-corrected chi connectivity index (χ4v) is 4.72. The highest BCUT2D eigenvalue weighted by Crippen LogP contribution is 2.61. The minimum Gasteiger partial charge on any atom is -0.505 e. The van der Waals surface area contributed by atoms with Gasteiger partial charge in [0.05, 0.1) is 13.4 Å². The maximum atomic E-state index is 5.15. The second-order valence-corrected chi connectivity index (χ2v) is 7.14. The molecule has 0 saturated heterocycles. The van der Waals surface area contributed by atoms with Crippen LogP contribution in [-0.2, 0) is 4.74 Å². The number of allylic oxidation sites excluding steroid dienone is 2. The van der Waals surface area contributed by atoms with Crippen LogP contribution in [0.4, 0.5) is 0 Å². The Hall–Kier alpha value is -0.720. The Kier molecular flexibility index (Phi) is 3.62. The van der Waals surface area contributed by atoms with Gasteiger partial charge in [-0.3, -0.25) is 0 Å². The van der Waals surface area contributed by atoms with E-state index in [0.29, 0.717) is 16.7 Å². The van der Waals surface area contributed by atoms with Gasteiger partial charge in [-0.05, 0) is 48.5 Å². The van der Waals surface area contributed by atoms with Crippen molar-refractivity contribution in [2.45, 2.75) is 52.9 Å². The zero-order chi connectivity index (χ0) is 13.4. The van der Waals surface area contributed by atoms with Gasteiger partial charge in [-0.1, -0.05) is 39.3 Å². The molecule has 2 aliphatic carbocycles. The summed E-state index contributed by atoms with van der Waals surface area (Å²) in [5.41, 5.74) is 2.26. The molecule has 1 heteroatoms. The number of rotatable bonds is 2. The van der Waals surface area contributed by atoms with E-state index < -0.39 is 0 Å². The highest BCUT2D eigenvalue weighted by molar-refractivity contribution is 5.20. The van der Waals surface area contributed by atoms with Crippen LogP contribution >= 0.6 is 0 Å². The molecule has 0 spiro atoms. The van der Waals surface area contributed by atoms with Crippen molar-refractivity contribution < 1.29 is 4.74 Å². The molecule has 0 aromatic carbocycles. The number of ether oxygens (including phenoxy) is 1. The fourth-order valence-electron chi connectivity index (χ4n) is 4.72. The van der Waals surface area contributed by atoms with Gasteiger partial charge in [-0.25, -0.2) is 0 Å². The summed E-state index contributed by atoms with van der Waals surface area (Å²) in [4.78, 5) is 0. The number of methoxy groups -OCH3 is 1. The molecule has 3 atom stereocenters. The predicted molar refractivity (Wildman–Crippen MR) is 77.2 cm³/mol. The zero-order valence-electron chi connectivity index (χ0n) is 12.5. The van der Waals surface area contributed by atoms with E-state index >= 15 is 0 Å². The van der Waals surface area contributed by atoms with Crippen LogP contribution in [0.25, 0.3) is 0 Å². The molecule has 0 unspecified atom stereocenters. The van der Waals surface area contributed by atoms with Gasteiger partial charge in [0.1, 0.15) is 0 Å². The van der Waals surface area contributed by atoms with E-state index in [4.69, 9.17) is 4.74 Å². The normalized spacial score (nSPS) is 39.7. The minimum absolute atomic E-state index is 0.381. The second-order valence-electron chi connectivity index (χ2n) is 7.14. The molecule has 0 amide bonds. The summed E-state index contributed by atoms with van der Waals surface area (Å²) in [6.07, 6.45) is 10.7. The van der Waals surface area contributed by atoms with Gasteiger partial charge in [0.2, 0.25) is 0 Å². The lowest BCUT2D eigenvalue weighted by atomic mass is 9.47. The number of fused-ring (bicyclic) bond motifs is 1. The molecule has 2 rings (SSSR count). The second kappa shape index (κ2) is 4.75. The first-order valence-corrected chi connectivity index (χ1v) is 7.29. The van der Waals surface area contributed by atoms with Gasteiger partial charge in [0.25, 0.3) is 0 Å². The van der Waals surface area contributed by atoms with Gasteiger partial charge >= 0.3 is 0 Å². The molecule has 1 nitrogen and oxygen atoms in total. The molecule has 2 fully saturated rings. The first-order chi connectivity index (χ1) is 8.42. The maximum Gasteiger partial charge on any atom is 0.0790 e. The Labute approximate surface area is 112 Å². The Morgan fingerprint density at radius 3 is 2.67 bits per heavy atom. The average Bonchev–Trinajstić information content (AvgIpc) is 2.27. The van der Waals surface area contributed by atoms with E-state index in [1.165, 1.54) is 37.7 Å². The third kappa shape index (κ3) is 2.13. The summed E-state index contributed by atoms with van der Waals surface area (Å²) in [5.74, 6) is 1.31. The summed E-state index contributed by atoms with van der Waals surface area (Å²) in [6, 6.07) is 0. The van der Waals surface area contributed by atoms with E-state index in [-0.39, 0.29) is 0 Å². The summed E-state index contributed by atoms with van der Waals surface area (Å²) >= 11 is 0. The Morgan fingerprint density at radius 1 is 1.28 bits per heavy atom. The summed E-state index contributed by atoms with van der Waals surface area (Å²) in [6.45, 7) is 11.7. The number of hydrogen-bond donors (Lipinski definition) is 0. The van der Waals surface area contributed by atoms with Crippen molar-refractivity contribution in [3.63, 3.8) is 0 Å². The first-order valence-electron chi connectivity index (χ1n) is 7.29. The maximum absolute atomic E-state index is 5.15. The lowest BCUT2D eigenvalue weighted by Gasteiger charge is -2.57. The van der Waals surface area contributed by atoms with Crippen molar-refractivity contribution in [1.82, 2.24) is 0 Å². The van der Waals surface area contributed by atoms with E-state index in [9.17, 15) is 0 Å². The highest BCUT2D eigenvalue weighted by Gasteiger charge is 2.52. The minimum atomic E-state index is 0.381. The molecule has 0 aromatic rings. The van der Waals surface area contributed by atoms with Crippen molar-refractivity contribution in [3.8, 4) is 0 Å². The van der Waals surface area contributed by atoms with Crippen molar-refractivity contribution in [2.75, 3.05) is 7.11 Å². The lowest BCUT2D eigenvalue weighted by Crippen LogP contribution is -2.48. The third-order valence-electron chi connectivity index (χ3n) is 5.59. The molecule has 102 valence electrons. The van der Waals surface area contributed by atoms with Crippen molar-refractivity contribution >= 4 is 0 Å². The van der Waals surface area contributed by atoms with Crippen LogP contribution in [-0.4, -0.2) is 7.11 Å². The molecule has 0 aliphatic heterocycles. The molecule has 2 saturated carbocycles. The van der Waals surface area contributed by atoms with Crippen LogP contribution in [0.3, 0.4) is 0 Å². The van der Waals surface area contributed by atoms with Crippen LogP contribution in [0.1, 0.15) is 52.9 Å². The van der Waals surface area contributed by atoms with Crippen LogP contribution in [0.5, 0.6) is 0 Å². The van der Waals surface area contributed by atoms with Crippen molar-refractivity contribution in [2.24, 2.45) is 22.7 Å². The van der Waals surface area contributed by atoms with E-state index in [0.717, 1.165) is 5.92 Å². The molecule has 2 aliphatic rings. The predicted octanol–water partition coefficient (Wildman–Crippen LogP) is 4.95. The van der Waals surface area contributed by atoms with Crippen LogP contribution < -0.4 is 0 Å². The molecular weight excluding hydrogens is 220 g/mol. The molecule has 0 radical (unpaired) electrons. The van der Waals surface area contributed by atoms with Gasteiger partial charge in [-0.15, -0.1) is 0 Å². The standard InChI is InChI=1S/C17H28O/c1-13-7-8-15-16(2,3)10-6-11-17(15,4)14(13)9-12-18-5/h9,12,14-15H,1,6-8,10-11H2,2-5H3/b12-9+/t14-,15-,17+/m0/s1. The lowest BCUT2D eigenvalue weighted by molar-refractivity contribution is -0.0395. The van der Waals surface area contributed by atoms with E-state index in [1.807, 2.05) is 6.26 Å². The molecule has 0 aromatic heterocycles.